The number of carbonyl (C=O) groups excluding carboxylic acids is 1. The highest BCUT2D eigenvalue weighted by Crippen LogP contribution is 2.39. The molecule has 6 nitrogen and oxygen atoms in total. The molecule has 2 saturated heterocycles. The zero-order valence-electron chi connectivity index (χ0n) is 15.4. The van der Waals surface area contributed by atoms with E-state index >= 15 is 0 Å². The minimum atomic E-state index is -0.124. The van der Waals surface area contributed by atoms with Crippen molar-refractivity contribution in [1.82, 2.24) is 9.80 Å². The van der Waals surface area contributed by atoms with Crippen molar-refractivity contribution in [2.75, 3.05) is 47.1 Å². The van der Waals surface area contributed by atoms with Crippen LogP contribution in [0.4, 0.5) is 0 Å². The van der Waals surface area contributed by atoms with Gasteiger partial charge in [0.2, 0.25) is 5.91 Å². The average molecular weight is 348 g/mol. The molecule has 0 spiro atoms. The smallest absolute Gasteiger partial charge is 0.240 e. The van der Waals surface area contributed by atoms with Crippen LogP contribution in [-0.4, -0.2) is 68.8 Å². The van der Waals surface area contributed by atoms with Gasteiger partial charge in [-0.1, -0.05) is 0 Å². The summed E-state index contributed by atoms with van der Waals surface area (Å²) in [5, 5.41) is 0. The first-order valence-corrected chi connectivity index (χ1v) is 9.00. The van der Waals surface area contributed by atoms with Crippen LogP contribution in [0.3, 0.4) is 0 Å². The van der Waals surface area contributed by atoms with Crippen LogP contribution in [0.15, 0.2) is 18.2 Å². The molecule has 2 atom stereocenters. The number of benzene rings is 1. The molecule has 138 valence electrons. The van der Waals surface area contributed by atoms with Crippen molar-refractivity contribution < 1.29 is 19.0 Å². The summed E-state index contributed by atoms with van der Waals surface area (Å²) in [6.07, 6.45) is 1.96. The lowest BCUT2D eigenvalue weighted by Crippen LogP contribution is -2.50. The molecule has 0 N–H and O–H groups in total. The molecule has 1 amide bonds. The Balaban J connectivity index is 1.81. The van der Waals surface area contributed by atoms with Gasteiger partial charge in [-0.05, 0) is 38.0 Å². The number of amides is 1. The molecular formula is C19H28N2O4. The SMILES string of the molecule is COc1ccc(OC)c([C@H]2CCCN2C(=O)[C@@H](C)N2CCOCC2)c1. The lowest BCUT2D eigenvalue weighted by atomic mass is 10.0. The maximum Gasteiger partial charge on any atom is 0.240 e. The molecule has 2 aliphatic heterocycles. The Hall–Kier alpha value is -1.79. The van der Waals surface area contributed by atoms with Crippen molar-refractivity contribution in [3.8, 4) is 11.5 Å². The van der Waals surface area contributed by atoms with Gasteiger partial charge in [0.05, 0.1) is 39.5 Å². The Morgan fingerprint density at radius 3 is 2.64 bits per heavy atom. The summed E-state index contributed by atoms with van der Waals surface area (Å²) < 4.78 is 16.3. The molecule has 3 rings (SSSR count). The molecule has 0 radical (unpaired) electrons. The molecular weight excluding hydrogens is 320 g/mol. The molecule has 0 aliphatic carbocycles. The monoisotopic (exact) mass is 348 g/mol. The van der Waals surface area contributed by atoms with Gasteiger partial charge in [-0.3, -0.25) is 9.69 Å². The van der Waals surface area contributed by atoms with Crippen LogP contribution >= 0.6 is 0 Å². The van der Waals surface area contributed by atoms with Crippen molar-refractivity contribution >= 4 is 5.91 Å². The summed E-state index contributed by atoms with van der Waals surface area (Å²) in [6.45, 7) is 5.82. The third-order valence-corrected chi connectivity index (χ3v) is 5.28. The van der Waals surface area contributed by atoms with Crippen molar-refractivity contribution in [2.45, 2.75) is 31.8 Å². The topological polar surface area (TPSA) is 51.2 Å². The summed E-state index contributed by atoms with van der Waals surface area (Å²) in [6, 6.07) is 5.72. The van der Waals surface area contributed by atoms with Gasteiger partial charge in [0.25, 0.3) is 0 Å². The second-order valence-electron chi connectivity index (χ2n) is 6.62. The molecule has 0 saturated carbocycles. The molecule has 0 unspecified atom stereocenters. The van der Waals surface area contributed by atoms with Gasteiger partial charge in [0.15, 0.2) is 0 Å². The Morgan fingerprint density at radius 2 is 1.96 bits per heavy atom. The lowest BCUT2D eigenvalue weighted by Gasteiger charge is -2.35. The summed E-state index contributed by atoms with van der Waals surface area (Å²) in [4.78, 5) is 17.4. The highest BCUT2D eigenvalue weighted by molar-refractivity contribution is 5.82. The van der Waals surface area contributed by atoms with E-state index in [1.54, 1.807) is 14.2 Å². The number of rotatable bonds is 5. The summed E-state index contributed by atoms with van der Waals surface area (Å²) in [7, 11) is 3.33. The molecule has 2 aliphatic rings. The fraction of sp³-hybridized carbons (Fsp3) is 0.632. The molecule has 25 heavy (non-hydrogen) atoms. The van der Waals surface area contributed by atoms with Crippen LogP contribution in [0.2, 0.25) is 0 Å². The van der Waals surface area contributed by atoms with Crippen LogP contribution in [0.25, 0.3) is 0 Å². The molecule has 2 heterocycles. The third kappa shape index (κ3) is 3.75. The van der Waals surface area contributed by atoms with E-state index < -0.39 is 0 Å². The predicted octanol–water partition coefficient (Wildman–Crippen LogP) is 2.09. The first-order valence-electron chi connectivity index (χ1n) is 9.00. The number of nitrogens with zero attached hydrogens (tertiary/aromatic N) is 2. The molecule has 0 aromatic heterocycles. The minimum Gasteiger partial charge on any atom is -0.497 e. The van der Waals surface area contributed by atoms with Gasteiger partial charge in [-0.2, -0.15) is 0 Å². The van der Waals surface area contributed by atoms with E-state index in [1.165, 1.54) is 0 Å². The Bertz CT molecular complexity index is 601. The number of hydrogen-bond acceptors (Lipinski definition) is 5. The Kier molecular flexibility index (Phi) is 5.81. The molecule has 0 bridgehead atoms. The van der Waals surface area contributed by atoms with Crippen LogP contribution in [-0.2, 0) is 9.53 Å². The largest absolute Gasteiger partial charge is 0.497 e. The van der Waals surface area contributed by atoms with Crippen molar-refractivity contribution in [3.05, 3.63) is 23.8 Å². The van der Waals surface area contributed by atoms with E-state index in [1.807, 2.05) is 30.0 Å². The Labute approximate surface area is 149 Å². The highest BCUT2D eigenvalue weighted by atomic mass is 16.5. The van der Waals surface area contributed by atoms with Gasteiger partial charge in [0.1, 0.15) is 11.5 Å². The van der Waals surface area contributed by atoms with Crippen LogP contribution in [0.1, 0.15) is 31.4 Å². The number of ether oxygens (including phenoxy) is 3. The quantitative estimate of drug-likeness (QED) is 0.816. The molecule has 6 heteroatoms. The van der Waals surface area contributed by atoms with Crippen LogP contribution in [0, 0.1) is 0 Å². The molecule has 1 aromatic carbocycles. The summed E-state index contributed by atoms with van der Waals surface area (Å²) in [5.41, 5.74) is 1.03. The molecule has 1 aromatic rings. The number of likely N-dealkylation sites (tertiary alicyclic amines) is 1. The van der Waals surface area contributed by atoms with Crippen molar-refractivity contribution in [1.29, 1.82) is 0 Å². The third-order valence-electron chi connectivity index (χ3n) is 5.28. The summed E-state index contributed by atoms with van der Waals surface area (Å²) >= 11 is 0. The summed E-state index contributed by atoms with van der Waals surface area (Å²) in [5.74, 6) is 1.79. The fourth-order valence-corrected chi connectivity index (χ4v) is 3.81. The van der Waals surface area contributed by atoms with E-state index in [4.69, 9.17) is 14.2 Å². The molecule has 2 fully saturated rings. The lowest BCUT2D eigenvalue weighted by molar-refractivity contribution is -0.139. The van der Waals surface area contributed by atoms with Gasteiger partial charge >= 0.3 is 0 Å². The normalized spacial score (nSPS) is 22.7. The van der Waals surface area contributed by atoms with E-state index in [0.717, 1.165) is 49.5 Å². The zero-order valence-corrected chi connectivity index (χ0v) is 15.4. The van der Waals surface area contributed by atoms with Gasteiger partial charge in [-0.25, -0.2) is 0 Å². The van der Waals surface area contributed by atoms with E-state index in [2.05, 4.69) is 4.90 Å². The number of carbonyl (C=O) groups is 1. The van der Waals surface area contributed by atoms with Crippen LogP contribution in [0.5, 0.6) is 11.5 Å². The zero-order chi connectivity index (χ0) is 17.8. The van der Waals surface area contributed by atoms with Gasteiger partial charge in [-0.15, -0.1) is 0 Å². The maximum atomic E-state index is 13.2. The van der Waals surface area contributed by atoms with Gasteiger partial charge < -0.3 is 19.1 Å². The second kappa shape index (κ2) is 8.06. The second-order valence-corrected chi connectivity index (χ2v) is 6.62. The van der Waals surface area contributed by atoms with E-state index in [-0.39, 0.29) is 18.0 Å². The standard InChI is InChI=1S/C19H28N2O4/c1-14(20-9-11-25-12-10-20)19(22)21-8-4-5-17(21)16-13-15(23-2)6-7-18(16)24-3/h6-7,13-14,17H,4-5,8-12H2,1-3H3/t14-,17-/m1/s1. The minimum absolute atomic E-state index is 0.0426. The fourth-order valence-electron chi connectivity index (χ4n) is 3.81. The van der Waals surface area contributed by atoms with Crippen molar-refractivity contribution in [2.24, 2.45) is 0 Å². The van der Waals surface area contributed by atoms with Gasteiger partial charge in [0, 0.05) is 25.2 Å². The maximum absolute atomic E-state index is 13.2. The highest BCUT2D eigenvalue weighted by Gasteiger charge is 2.36. The number of morpholine rings is 1. The first kappa shape index (κ1) is 18.0. The number of methoxy groups -OCH3 is 2. The average Bonchev–Trinajstić information content (AvgIpc) is 3.16. The Morgan fingerprint density at radius 1 is 1.20 bits per heavy atom. The number of hydrogen-bond donors (Lipinski definition) is 0. The predicted molar refractivity (Wildman–Crippen MR) is 95.1 cm³/mol. The van der Waals surface area contributed by atoms with E-state index in [0.29, 0.717) is 13.2 Å². The van der Waals surface area contributed by atoms with Crippen LogP contribution < -0.4 is 9.47 Å². The first-order chi connectivity index (χ1) is 12.2. The van der Waals surface area contributed by atoms with Crippen molar-refractivity contribution in [3.63, 3.8) is 0 Å². The van der Waals surface area contributed by atoms with E-state index in [9.17, 15) is 4.79 Å².